The van der Waals surface area contributed by atoms with Crippen molar-refractivity contribution in [1.29, 1.82) is 0 Å². The molecule has 3 aliphatic heterocycles. The third-order valence-electron chi connectivity index (χ3n) is 7.62. The summed E-state index contributed by atoms with van der Waals surface area (Å²) in [5, 5.41) is 3.28. The van der Waals surface area contributed by atoms with Crippen LogP contribution in [0.25, 0.3) is 0 Å². The van der Waals surface area contributed by atoms with Gasteiger partial charge in [-0.05, 0) is 57.1 Å². The van der Waals surface area contributed by atoms with Gasteiger partial charge in [0, 0.05) is 57.0 Å². The van der Waals surface area contributed by atoms with Crippen LogP contribution in [0.4, 0.5) is 5.82 Å². The molecule has 1 aliphatic carbocycles. The van der Waals surface area contributed by atoms with Crippen LogP contribution >= 0.6 is 0 Å². The second kappa shape index (κ2) is 9.74. The number of rotatable bonds is 6. The third kappa shape index (κ3) is 4.98. The number of hydrogen-bond donors (Lipinski definition) is 1. The summed E-state index contributed by atoms with van der Waals surface area (Å²) in [7, 11) is 0. The molecule has 1 atom stereocenters. The number of fused-ring (bicyclic) bond motifs is 1. The van der Waals surface area contributed by atoms with E-state index in [-0.39, 0.29) is 11.8 Å². The van der Waals surface area contributed by atoms with Crippen molar-refractivity contribution >= 4 is 11.7 Å². The molecule has 0 bridgehead atoms. The number of carbonyl (C=O) groups excluding carboxylic acids is 1. The van der Waals surface area contributed by atoms with E-state index in [0.717, 1.165) is 82.6 Å². The predicted molar refractivity (Wildman–Crippen MR) is 120 cm³/mol. The van der Waals surface area contributed by atoms with Gasteiger partial charge < -0.3 is 19.7 Å². The van der Waals surface area contributed by atoms with Crippen LogP contribution in [0.3, 0.4) is 0 Å². The average Bonchev–Trinajstić information content (AvgIpc) is 3.51. The normalized spacial score (nSPS) is 28.9. The van der Waals surface area contributed by atoms with Gasteiger partial charge in [0.2, 0.25) is 5.91 Å². The Kier molecular flexibility index (Phi) is 6.60. The summed E-state index contributed by atoms with van der Waals surface area (Å²) >= 11 is 0. The maximum atomic E-state index is 12.3. The number of carbonyl (C=O) groups is 1. The summed E-state index contributed by atoms with van der Waals surface area (Å²) in [6.07, 6.45) is 9.77. The molecule has 1 unspecified atom stereocenters. The van der Waals surface area contributed by atoms with E-state index in [9.17, 15) is 4.79 Å². The van der Waals surface area contributed by atoms with Gasteiger partial charge in [-0.1, -0.05) is 0 Å². The standard InChI is InChI=1S/C24H36N4O3/c29-24(19-7-15-30-17-19)26-20-3-1-18(2-4-20)6-10-27-11-13-28(14-12-27)23-21-8-16-31-22(21)5-9-25-23/h5,9,18-20H,1-4,6-8,10-17H2,(H,26,29)/t18-,19?,20-. The Morgan fingerprint density at radius 1 is 1.10 bits per heavy atom. The highest BCUT2D eigenvalue weighted by molar-refractivity contribution is 5.79. The fourth-order valence-electron chi connectivity index (χ4n) is 5.57. The Bertz CT molecular complexity index is 751. The van der Waals surface area contributed by atoms with E-state index in [4.69, 9.17) is 9.47 Å². The number of hydrogen-bond acceptors (Lipinski definition) is 6. The van der Waals surface area contributed by atoms with E-state index in [1.54, 1.807) is 0 Å². The second-order valence-electron chi connectivity index (χ2n) is 9.61. The van der Waals surface area contributed by atoms with E-state index < -0.39 is 0 Å². The molecule has 1 amide bonds. The number of pyridine rings is 1. The van der Waals surface area contributed by atoms with E-state index in [1.165, 1.54) is 31.4 Å². The molecule has 4 aliphatic rings. The maximum Gasteiger partial charge on any atom is 0.225 e. The molecule has 1 aromatic rings. The number of nitrogens with zero attached hydrogens (tertiary/aromatic N) is 3. The maximum absolute atomic E-state index is 12.3. The molecule has 7 nitrogen and oxygen atoms in total. The molecule has 2 saturated heterocycles. The molecule has 1 aromatic heterocycles. The average molecular weight is 429 g/mol. The first kappa shape index (κ1) is 21.0. The lowest BCUT2D eigenvalue weighted by Crippen LogP contribution is -2.47. The molecule has 31 heavy (non-hydrogen) atoms. The summed E-state index contributed by atoms with van der Waals surface area (Å²) < 4.78 is 11.1. The highest BCUT2D eigenvalue weighted by Gasteiger charge is 2.29. The highest BCUT2D eigenvalue weighted by Crippen LogP contribution is 2.32. The van der Waals surface area contributed by atoms with Gasteiger partial charge in [0.15, 0.2) is 0 Å². The smallest absolute Gasteiger partial charge is 0.225 e. The Labute approximate surface area is 185 Å². The minimum absolute atomic E-state index is 0.0797. The monoisotopic (exact) mass is 428 g/mol. The predicted octanol–water partition coefficient (Wildman–Crippen LogP) is 2.24. The Hall–Kier alpha value is -1.86. The van der Waals surface area contributed by atoms with Crippen LogP contribution in [-0.2, 0) is 16.0 Å². The van der Waals surface area contributed by atoms with Gasteiger partial charge in [-0.25, -0.2) is 4.98 Å². The fourth-order valence-corrected chi connectivity index (χ4v) is 5.57. The Morgan fingerprint density at radius 2 is 1.94 bits per heavy atom. The topological polar surface area (TPSA) is 66.9 Å². The summed E-state index contributed by atoms with van der Waals surface area (Å²) in [6.45, 7) is 7.64. The molecular formula is C24H36N4O3. The first-order valence-electron chi connectivity index (χ1n) is 12.2. The van der Waals surface area contributed by atoms with E-state index >= 15 is 0 Å². The van der Waals surface area contributed by atoms with Crippen LogP contribution in [0.2, 0.25) is 0 Å². The van der Waals surface area contributed by atoms with Crippen molar-refractivity contribution in [2.75, 3.05) is 57.4 Å². The molecule has 7 heteroatoms. The second-order valence-corrected chi connectivity index (χ2v) is 9.61. The lowest BCUT2D eigenvalue weighted by Gasteiger charge is -2.37. The number of amides is 1. The summed E-state index contributed by atoms with van der Waals surface area (Å²) in [5.41, 5.74) is 1.29. The minimum Gasteiger partial charge on any atom is -0.493 e. The zero-order chi connectivity index (χ0) is 21.0. The van der Waals surface area contributed by atoms with Crippen molar-refractivity contribution in [2.24, 2.45) is 11.8 Å². The highest BCUT2D eigenvalue weighted by atomic mass is 16.5. The zero-order valence-electron chi connectivity index (χ0n) is 18.6. The number of anilines is 1. The molecule has 3 fully saturated rings. The van der Waals surface area contributed by atoms with Crippen molar-refractivity contribution in [3.8, 4) is 5.75 Å². The quantitative estimate of drug-likeness (QED) is 0.750. The largest absolute Gasteiger partial charge is 0.493 e. The van der Waals surface area contributed by atoms with Crippen molar-refractivity contribution in [1.82, 2.24) is 15.2 Å². The molecule has 4 heterocycles. The van der Waals surface area contributed by atoms with Gasteiger partial charge in [-0.2, -0.15) is 0 Å². The molecule has 1 N–H and O–H groups in total. The number of ether oxygens (including phenoxy) is 2. The Balaban J connectivity index is 1.01. The molecule has 1 saturated carbocycles. The van der Waals surface area contributed by atoms with E-state index in [2.05, 4.69) is 20.1 Å². The lowest BCUT2D eigenvalue weighted by molar-refractivity contribution is -0.125. The van der Waals surface area contributed by atoms with Crippen LogP contribution < -0.4 is 15.0 Å². The van der Waals surface area contributed by atoms with Gasteiger partial charge in [-0.15, -0.1) is 0 Å². The first-order valence-corrected chi connectivity index (χ1v) is 12.2. The number of nitrogens with one attached hydrogen (secondary N) is 1. The van der Waals surface area contributed by atoms with Gasteiger partial charge in [-0.3, -0.25) is 9.69 Å². The number of aromatic nitrogens is 1. The Morgan fingerprint density at radius 3 is 2.71 bits per heavy atom. The summed E-state index contributed by atoms with van der Waals surface area (Å²) in [6, 6.07) is 2.36. The van der Waals surface area contributed by atoms with E-state index in [1.807, 2.05) is 12.3 Å². The van der Waals surface area contributed by atoms with Gasteiger partial charge in [0.05, 0.1) is 19.1 Å². The van der Waals surface area contributed by atoms with Crippen molar-refractivity contribution < 1.29 is 14.3 Å². The van der Waals surface area contributed by atoms with Crippen molar-refractivity contribution in [3.05, 3.63) is 17.8 Å². The van der Waals surface area contributed by atoms with Gasteiger partial charge >= 0.3 is 0 Å². The van der Waals surface area contributed by atoms with Crippen LogP contribution in [0, 0.1) is 11.8 Å². The minimum atomic E-state index is 0.0797. The summed E-state index contributed by atoms with van der Waals surface area (Å²) in [5.74, 6) is 3.26. The van der Waals surface area contributed by atoms with Crippen molar-refractivity contribution in [2.45, 2.75) is 51.0 Å². The van der Waals surface area contributed by atoms with Crippen LogP contribution in [0.15, 0.2) is 12.3 Å². The SMILES string of the molecule is O=C(N[C@H]1CC[C@H](CCN2CCN(c3nccc4c3CCO4)CC2)CC1)C1CCOC1. The van der Waals surface area contributed by atoms with Crippen LogP contribution in [0.1, 0.15) is 44.1 Å². The van der Waals surface area contributed by atoms with E-state index in [0.29, 0.717) is 12.6 Å². The van der Waals surface area contributed by atoms with Crippen molar-refractivity contribution in [3.63, 3.8) is 0 Å². The van der Waals surface area contributed by atoms with Crippen LogP contribution in [-0.4, -0.2) is 74.4 Å². The third-order valence-corrected chi connectivity index (χ3v) is 7.62. The molecule has 170 valence electrons. The molecule has 0 aromatic carbocycles. The fraction of sp³-hybridized carbons (Fsp3) is 0.750. The van der Waals surface area contributed by atoms with Gasteiger partial charge in [0.1, 0.15) is 11.6 Å². The molecule has 0 radical (unpaired) electrons. The zero-order valence-corrected chi connectivity index (χ0v) is 18.6. The molecule has 5 rings (SSSR count). The molecule has 0 spiro atoms. The first-order chi connectivity index (χ1) is 15.3. The molecular weight excluding hydrogens is 392 g/mol. The lowest BCUT2D eigenvalue weighted by atomic mass is 9.83. The van der Waals surface area contributed by atoms with Crippen LogP contribution in [0.5, 0.6) is 5.75 Å². The summed E-state index contributed by atoms with van der Waals surface area (Å²) in [4.78, 5) is 22.0. The van der Waals surface area contributed by atoms with Gasteiger partial charge in [0.25, 0.3) is 0 Å². The number of piperazine rings is 1.